The van der Waals surface area contributed by atoms with Gasteiger partial charge >= 0.3 is 0 Å². The average Bonchev–Trinajstić information content (AvgIpc) is 3.21. The lowest BCUT2D eigenvalue weighted by Crippen LogP contribution is -2.45. The molecule has 2 N–H and O–H groups in total. The highest BCUT2D eigenvalue weighted by Crippen LogP contribution is 2.30. The van der Waals surface area contributed by atoms with Crippen molar-refractivity contribution in [2.75, 3.05) is 17.3 Å². The van der Waals surface area contributed by atoms with E-state index in [1.54, 1.807) is 47.4 Å². The van der Waals surface area contributed by atoms with Crippen LogP contribution in [0.4, 0.5) is 11.5 Å². The Kier molecular flexibility index (Phi) is 4.13. The van der Waals surface area contributed by atoms with Gasteiger partial charge in [-0.1, -0.05) is 12.1 Å². The molecule has 3 aromatic heterocycles. The molecule has 1 aliphatic rings. The van der Waals surface area contributed by atoms with Crippen LogP contribution in [0.2, 0.25) is 0 Å². The molecule has 4 aromatic rings. The zero-order valence-corrected chi connectivity index (χ0v) is 16.0. The number of nitrogens with one attached hydrogen (secondary N) is 2. The lowest BCUT2D eigenvalue weighted by Gasteiger charge is -2.35. The molecule has 0 bridgehead atoms. The summed E-state index contributed by atoms with van der Waals surface area (Å²) in [6.07, 6.45) is 6.08. The van der Waals surface area contributed by atoms with Crippen molar-refractivity contribution in [1.29, 1.82) is 0 Å². The van der Waals surface area contributed by atoms with Crippen LogP contribution in [0.25, 0.3) is 5.65 Å². The standard InChI is InChI=1S/C21H17N7O2/c1-27-17(26-20(29)15-7-3-8-22-18(15)27)13-5-2-6-14(11-13)25-21(30)16-12-24-28-10-4-9-23-19(16)28/h2-12,17H,1H3,(H,25,30)(H,26,29)/t17-/m1/s1. The number of fused-ring (bicyclic) bond motifs is 2. The number of hydrogen-bond acceptors (Lipinski definition) is 6. The second kappa shape index (κ2) is 6.96. The van der Waals surface area contributed by atoms with Gasteiger partial charge in [0, 0.05) is 31.3 Å². The third kappa shape index (κ3) is 2.93. The van der Waals surface area contributed by atoms with Crippen molar-refractivity contribution in [3.63, 3.8) is 0 Å². The number of aromatic nitrogens is 4. The molecule has 1 aliphatic heterocycles. The Morgan fingerprint density at radius 3 is 2.90 bits per heavy atom. The van der Waals surface area contributed by atoms with Crippen molar-refractivity contribution in [3.05, 3.63) is 83.9 Å². The number of rotatable bonds is 3. The van der Waals surface area contributed by atoms with Crippen molar-refractivity contribution in [2.24, 2.45) is 0 Å². The Balaban J connectivity index is 1.42. The van der Waals surface area contributed by atoms with Gasteiger partial charge in [-0.25, -0.2) is 14.5 Å². The van der Waals surface area contributed by atoms with Gasteiger partial charge in [0.05, 0.1) is 11.8 Å². The molecule has 1 atom stereocenters. The van der Waals surface area contributed by atoms with Crippen LogP contribution in [0.3, 0.4) is 0 Å². The van der Waals surface area contributed by atoms with E-state index in [9.17, 15) is 9.59 Å². The van der Waals surface area contributed by atoms with Crippen LogP contribution in [0.5, 0.6) is 0 Å². The number of amides is 2. The highest BCUT2D eigenvalue weighted by molar-refractivity contribution is 6.08. The molecule has 9 heteroatoms. The zero-order chi connectivity index (χ0) is 20.7. The van der Waals surface area contributed by atoms with E-state index < -0.39 is 6.17 Å². The van der Waals surface area contributed by atoms with E-state index >= 15 is 0 Å². The molecular formula is C21H17N7O2. The molecule has 0 unspecified atom stereocenters. The molecule has 0 saturated heterocycles. The van der Waals surface area contributed by atoms with E-state index in [1.807, 2.05) is 30.1 Å². The Bertz CT molecular complexity index is 1280. The fourth-order valence-electron chi connectivity index (χ4n) is 3.56. The van der Waals surface area contributed by atoms with E-state index in [0.717, 1.165) is 5.56 Å². The summed E-state index contributed by atoms with van der Waals surface area (Å²) in [4.78, 5) is 35.7. The minimum Gasteiger partial charge on any atom is -0.335 e. The number of carbonyl (C=O) groups excluding carboxylic acids is 2. The quantitative estimate of drug-likeness (QED) is 0.548. The molecule has 1 aromatic carbocycles. The fraction of sp³-hybridized carbons (Fsp3) is 0.0952. The second-order valence-electron chi connectivity index (χ2n) is 6.89. The minimum absolute atomic E-state index is 0.187. The molecule has 2 amide bonds. The summed E-state index contributed by atoms with van der Waals surface area (Å²) in [7, 11) is 1.87. The first-order chi connectivity index (χ1) is 14.6. The molecule has 5 rings (SSSR count). The monoisotopic (exact) mass is 399 g/mol. The zero-order valence-electron chi connectivity index (χ0n) is 16.0. The SMILES string of the molecule is CN1c2ncccc2C(=O)N[C@H]1c1cccc(NC(=O)c2cnn3cccnc23)c1. The van der Waals surface area contributed by atoms with Gasteiger partial charge in [-0.05, 0) is 35.9 Å². The molecule has 0 spiro atoms. The minimum atomic E-state index is -0.407. The summed E-state index contributed by atoms with van der Waals surface area (Å²) >= 11 is 0. The van der Waals surface area contributed by atoms with Gasteiger partial charge in [0.2, 0.25) is 0 Å². The highest BCUT2D eigenvalue weighted by Gasteiger charge is 2.30. The molecule has 4 heterocycles. The number of benzene rings is 1. The number of carbonyl (C=O) groups is 2. The first kappa shape index (κ1) is 17.8. The summed E-state index contributed by atoms with van der Waals surface area (Å²) in [6, 6.07) is 12.6. The normalized spacial score (nSPS) is 15.6. The first-order valence-corrected chi connectivity index (χ1v) is 9.30. The van der Waals surface area contributed by atoms with Crippen LogP contribution in [0.15, 0.2) is 67.3 Å². The fourth-order valence-corrected chi connectivity index (χ4v) is 3.56. The third-order valence-electron chi connectivity index (χ3n) is 5.00. The van der Waals surface area contributed by atoms with Crippen molar-refractivity contribution >= 4 is 29.0 Å². The van der Waals surface area contributed by atoms with Crippen LogP contribution in [-0.4, -0.2) is 38.4 Å². The molecular weight excluding hydrogens is 382 g/mol. The van der Waals surface area contributed by atoms with Crippen molar-refractivity contribution in [3.8, 4) is 0 Å². The molecule has 30 heavy (non-hydrogen) atoms. The van der Waals surface area contributed by atoms with Gasteiger partial charge in [-0.2, -0.15) is 5.10 Å². The van der Waals surface area contributed by atoms with Crippen molar-refractivity contribution in [2.45, 2.75) is 6.17 Å². The van der Waals surface area contributed by atoms with Gasteiger partial charge in [-0.15, -0.1) is 0 Å². The smallest absolute Gasteiger partial charge is 0.261 e. The molecule has 9 nitrogen and oxygen atoms in total. The predicted molar refractivity (Wildman–Crippen MR) is 110 cm³/mol. The third-order valence-corrected chi connectivity index (χ3v) is 5.00. The van der Waals surface area contributed by atoms with Crippen LogP contribution in [-0.2, 0) is 0 Å². The molecule has 0 aliphatic carbocycles. The van der Waals surface area contributed by atoms with Gasteiger partial charge in [-0.3, -0.25) is 9.59 Å². The van der Waals surface area contributed by atoms with E-state index in [4.69, 9.17) is 0 Å². The number of anilines is 2. The van der Waals surface area contributed by atoms with Crippen molar-refractivity contribution < 1.29 is 9.59 Å². The van der Waals surface area contributed by atoms with Gasteiger partial charge in [0.15, 0.2) is 5.65 Å². The highest BCUT2D eigenvalue weighted by atomic mass is 16.2. The van der Waals surface area contributed by atoms with Crippen LogP contribution in [0, 0.1) is 0 Å². The summed E-state index contributed by atoms with van der Waals surface area (Å²) in [6.45, 7) is 0. The summed E-state index contributed by atoms with van der Waals surface area (Å²) in [5.41, 5.74) is 2.80. The van der Waals surface area contributed by atoms with Gasteiger partial charge in [0.25, 0.3) is 11.8 Å². The summed E-state index contributed by atoms with van der Waals surface area (Å²) in [5.74, 6) is 0.111. The molecule has 0 fully saturated rings. The van der Waals surface area contributed by atoms with E-state index in [2.05, 4.69) is 25.7 Å². The predicted octanol–water partition coefficient (Wildman–Crippen LogP) is 2.25. The number of pyridine rings is 1. The Morgan fingerprint density at radius 2 is 2.00 bits per heavy atom. The van der Waals surface area contributed by atoms with E-state index in [0.29, 0.717) is 28.3 Å². The average molecular weight is 399 g/mol. The Hall–Kier alpha value is -4.27. The van der Waals surface area contributed by atoms with Gasteiger partial charge < -0.3 is 15.5 Å². The number of hydrogen-bond donors (Lipinski definition) is 2. The maximum Gasteiger partial charge on any atom is 0.261 e. The first-order valence-electron chi connectivity index (χ1n) is 9.30. The van der Waals surface area contributed by atoms with Crippen LogP contribution < -0.4 is 15.5 Å². The Morgan fingerprint density at radius 1 is 1.13 bits per heavy atom. The Labute approximate surface area is 171 Å². The summed E-state index contributed by atoms with van der Waals surface area (Å²) in [5, 5.41) is 10.0. The van der Waals surface area contributed by atoms with Crippen LogP contribution in [0.1, 0.15) is 32.4 Å². The maximum atomic E-state index is 12.8. The lowest BCUT2D eigenvalue weighted by molar-refractivity contribution is 0.0926. The van der Waals surface area contributed by atoms with Crippen LogP contribution >= 0.6 is 0 Å². The second-order valence-corrected chi connectivity index (χ2v) is 6.89. The molecule has 0 radical (unpaired) electrons. The van der Waals surface area contributed by atoms with Crippen molar-refractivity contribution in [1.82, 2.24) is 24.9 Å². The molecule has 0 saturated carbocycles. The maximum absolute atomic E-state index is 12.8. The number of nitrogens with zero attached hydrogens (tertiary/aromatic N) is 5. The van der Waals surface area contributed by atoms with E-state index in [1.165, 1.54) is 6.20 Å². The lowest BCUT2D eigenvalue weighted by atomic mass is 10.1. The van der Waals surface area contributed by atoms with Gasteiger partial charge in [0.1, 0.15) is 17.5 Å². The largest absolute Gasteiger partial charge is 0.335 e. The topological polar surface area (TPSA) is 105 Å². The van der Waals surface area contributed by atoms with E-state index in [-0.39, 0.29) is 11.8 Å². The summed E-state index contributed by atoms with van der Waals surface area (Å²) < 4.78 is 1.54. The molecule has 148 valence electrons.